The van der Waals surface area contributed by atoms with E-state index in [1.165, 1.54) is 122 Å². The van der Waals surface area contributed by atoms with E-state index in [4.69, 9.17) is 14.2 Å². The SMILES string of the molecule is CC/C=C\C/C=C\C/C=C\C/C=C\CCCCC(=O)OC(COC(=O)CCCCCCCC/C=C\C/C=C\C/C=C\CCCCC)COC(=O)CCCCCCCCCCCCCCCCC. The molecule has 6 nitrogen and oxygen atoms in total. The normalized spacial score (nSPS) is 12.7. The number of ether oxygens (including phenoxy) is 3. The van der Waals surface area contributed by atoms with E-state index >= 15 is 0 Å². The van der Waals surface area contributed by atoms with E-state index < -0.39 is 6.10 Å². The number of hydrogen-bond donors (Lipinski definition) is 0. The van der Waals surface area contributed by atoms with E-state index in [2.05, 4.69) is 106 Å². The van der Waals surface area contributed by atoms with E-state index in [-0.39, 0.29) is 37.5 Å². The molecule has 0 aliphatic rings. The van der Waals surface area contributed by atoms with E-state index in [9.17, 15) is 14.4 Å². The molecule has 0 heterocycles. The molecule has 0 bridgehead atoms. The highest BCUT2D eigenvalue weighted by molar-refractivity contribution is 5.71. The van der Waals surface area contributed by atoms with E-state index in [1.807, 2.05) is 0 Å². The number of esters is 3. The molecular weight excluding hydrogens is 829 g/mol. The maximum atomic E-state index is 12.8. The average molecular weight is 933 g/mol. The molecule has 0 aromatic rings. The van der Waals surface area contributed by atoms with Crippen LogP contribution in [0.1, 0.15) is 265 Å². The van der Waals surface area contributed by atoms with Gasteiger partial charge in [-0.15, -0.1) is 0 Å². The van der Waals surface area contributed by atoms with Crippen LogP contribution in [-0.2, 0) is 28.6 Å². The Bertz CT molecular complexity index is 1300. The van der Waals surface area contributed by atoms with Crippen LogP contribution in [0.3, 0.4) is 0 Å². The van der Waals surface area contributed by atoms with Gasteiger partial charge in [-0.05, 0) is 96.3 Å². The highest BCUT2D eigenvalue weighted by atomic mass is 16.6. The lowest BCUT2D eigenvalue weighted by molar-refractivity contribution is -0.167. The monoisotopic (exact) mass is 933 g/mol. The molecule has 0 amide bonds. The summed E-state index contributed by atoms with van der Waals surface area (Å²) in [6.45, 7) is 6.47. The van der Waals surface area contributed by atoms with Crippen molar-refractivity contribution < 1.29 is 28.6 Å². The summed E-state index contributed by atoms with van der Waals surface area (Å²) in [5.41, 5.74) is 0. The smallest absolute Gasteiger partial charge is 0.306 e. The van der Waals surface area contributed by atoms with Crippen molar-refractivity contribution in [2.45, 2.75) is 271 Å². The van der Waals surface area contributed by atoms with E-state index in [0.717, 1.165) is 96.3 Å². The van der Waals surface area contributed by atoms with Crippen LogP contribution >= 0.6 is 0 Å². The minimum atomic E-state index is -0.803. The largest absolute Gasteiger partial charge is 0.462 e. The third-order valence-electron chi connectivity index (χ3n) is 11.9. The topological polar surface area (TPSA) is 78.9 Å². The van der Waals surface area contributed by atoms with Crippen molar-refractivity contribution in [3.63, 3.8) is 0 Å². The van der Waals surface area contributed by atoms with Gasteiger partial charge in [0.2, 0.25) is 0 Å². The summed E-state index contributed by atoms with van der Waals surface area (Å²) in [6.07, 6.45) is 71.4. The molecule has 1 unspecified atom stereocenters. The van der Waals surface area contributed by atoms with Gasteiger partial charge in [0.15, 0.2) is 6.10 Å². The first-order valence-corrected chi connectivity index (χ1v) is 28.1. The van der Waals surface area contributed by atoms with Crippen molar-refractivity contribution in [2.24, 2.45) is 0 Å². The van der Waals surface area contributed by atoms with Crippen molar-refractivity contribution in [3.8, 4) is 0 Å². The Morgan fingerprint density at radius 3 is 0.970 bits per heavy atom. The minimum absolute atomic E-state index is 0.0959. The van der Waals surface area contributed by atoms with Crippen LogP contribution in [0.5, 0.6) is 0 Å². The van der Waals surface area contributed by atoms with Crippen LogP contribution < -0.4 is 0 Å². The molecular formula is C61H104O6. The van der Waals surface area contributed by atoms with Crippen LogP contribution in [0.15, 0.2) is 85.1 Å². The van der Waals surface area contributed by atoms with Crippen molar-refractivity contribution in [3.05, 3.63) is 85.1 Å². The molecule has 0 spiro atoms. The summed E-state index contributed by atoms with van der Waals surface area (Å²) in [5, 5.41) is 0. The second kappa shape index (κ2) is 55.2. The zero-order chi connectivity index (χ0) is 48.6. The molecule has 0 saturated carbocycles. The van der Waals surface area contributed by atoms with Crippen molar-refractivity contribution >= 4 is 17.9 Å². The highest BCUT2D eigenvalue weighted by Gasteiger charge is 2.19. The zero-order valence-electron chi connectivity index (χ0n) is 43.9. The van der Waals surface area contributed by atoms with Crippen LogP contribution in [0.4, 0.5) is 0 Å². The molecule has 0 fully saturated rings. The molecule has 6 heteroatoms. The van der Waals surface area contributed by atoms with Crippen molar-refractivity contribution in [1.29, 1.82) is 0 Å². The predicted octanol–water partition coefficient (Wildman–Crippen LogP) is 18.8. The maximum Gasteiger partial charge on any atom is 0.306 e. The third kappa shape index (κ3) is 53.4. The Hall–Kier alpha value is -3.41. The van der Waals surface area contributed by atoms with Crippen LogP contribution in [0.25, 0.3) is 0 Å². The predicted molar refractivity (Wildman–Crippen MR) is 288 cm³/mol. The Morgan fingerprint density at radius 1 is 0.313 bits per heavy atom. The highest BCUT2D eigenvalue weighted by Crippen LogP contribution is 2.15. The van der Waals surface area contributed by atoms with Gasteiger partial charge in [-0.1, -0.05) is 234 Å². The Kier molecular flexibility index (Phi) is 52.4. The fourth-order valence-electron chi connectivity index (χ4n) is 7.68. The first-order chi connectivity index (χ1) is 33.0. The number of carbonyl (C=O) groups excluding carboxylic acids is 3. The molecule has 0 rings (SSSR count). The number of carbonyl (C=O) groups is 3. The lowest BCUT2D eigenvalue weighted by atomic mass is 10.0. The molecule has 0 aliphatic heterocycles. The number of hydrogen-bond acceptors (Lipinski definition) is 6. The number of unbranched alkanes of at least 4 members (excludes halogenated alkanes) is 25. The molecule has 67 heavy (non-hydrogen) atoms. The van der Waals surface area contributed by atoms with Gasteiger partial charge in [0.05, 0.1) is 0 Å². The molecule has 0 saturated heterocycles. The lowest BCUT2D eigenvalue weighted by Gasteiger charge is -2.18. The average Bonchev–Trinajstić information content (AvgIpc) is 3.33. The van der Waals surface area contributed by atoms with Crippen LogP contribution in [0, 0.1) is 0 Å². The molecule has 1 atom stereocenters. The molecule has 384 valence electrons. The fraction of sp³-hybridized carbons (Fsp3) is 0.721. The second-order valence-corrected chi connectivity index (χ2v) is 18.5. The summed E-state index contributed by atoms with van der Waals surface area (Å²) in [6, 6.07) is 0. The first-order valence-electron chi connectivity index (χ1n) is 28.1. The second-order valence-electron chi connectivity index (χ2n) is 18.5. The molecule has 0 N–H and O–H groups in total. The summed E-state index contributed by atoms with van der Waals surface area (Å²) in [4.78, 5) is 38.1. The Balaban J connectivity index is 4.45. The van der Waals surface area contributed by atoms with Gasteiger partial charge in [-0.3, -0.25) is 14.4 Å². The molecule has 0 aliphatic carbocycles. The summed E-state index contributed by atoms with van der Waals surface area (Å²) < 4.78 is 16.8. The van der Waals surface area contributed by atoms with Gasteiger partial charge in [0.25, 0.3) is 0 Å². The van der Waals surface area contributed by atoms with Crippen LogP contribution in [0.2, 0.25) is 0 Å². The Labute approximate surface area is 414 Å². The minimum Gasteiger partial charge on any atom is -0.462 e. The summed E-state index contributed by atoms with van der Waals surface area (Å²) in [7, 11) is 0. The van der Waals surface area contributed by atoms with Gasteiger partial charge in [-0.2, -0.15) is 0 Å². The standard InChI is InChI=1S/C61H104O6/c1-4-7-10-13-16-19-22-25-28-29-30-31-34-36-39-42-45-48-51-54-60(63)66-57-58(67-61(64)55-52-49-46-43-40-37-33-27-24-21-18-15-12-9-6-3)56-65-59(62)53-50-47-44-41-38-35-32-26-23-20-17-14-11-8-5-2/h9,12,16,18-19,21,25,27-28,30-31,33,40,43,58H,4-8,10-11,13-15,17,20,22-24,26,29,32,34-39,41-42,44-57H2,1-3H3/b12-9-,19-16-,21-18-,28-25-,31-30-,33-27-,43-40-. The number of allylic oxidation sites excluding steroid dienone is 14. The van der Waals surface area contributed by atoms with E-state index in [1.54, 1.807) is 0 Å². The molecule has 0 aromatic heterocycles. The summed E-state index contributed by atoms with van der Waals surface area (Å²) >= 11 is 0. The fourth-order valence-corrected chi connectivity index (χ4v) is 7.68. The van der Waals surface area contributed by atoms with Gasteiger partial charge < -0.3 is 14.2 Å². The first kappa shape index (κ1) is 63.6. The van der Waals surface area contributed by atoms with Gasteiger partial charge >= 0.3 is 17.9 Å². The maximum absolute atomic E-state index is 12.8. The summed E-state index contributed by atoms with van der Waals surface area (Å²) in [5.74, 6) is -0.945. The van der Waals surface area contributed by atoms with Crippen LogP contribution in [-0.4, -0.2) is 37.2 Å². The molecule has 0 radical (unpaired) electrons. The third-order valence-corrected chi connectivity index (χ3v) is 11.9. The van der Waals surface area contributed by atoms with Crippen molar-refractivity contribution in [1.82, 2.24) is 0 Å². The van der Waals surface area contributed by atoms with Gasteiger partial charge in [0.1, 0.15) is 13.2 Å². The quantitative estimate of drug-likeness (QED) is 0.0262. The number of rotatable bonds is 50. The zero-order valence-corrected chi connectivity index (χ0v) is 43.9. The van der Waals surface area contributed by atoms with Crippen molar-refractivity contribution in [2.75, 3.05) is 13.2 Å². The lowest BCUT2D eigenvalue weighted by Crippen LogP contribution is -2.30. The van der Waals surface area contributed by atoms with Gasteiger partial charge in [0, 0.05) is 19.3 Å². The molecule has 0 aromatic carbocycles. The Morgan fingerprint density at radius 2 is 0.582 bits per heavy atom. The van der Waals surface area contributed by atoms with Gasteiger partial charge in [-0.25, -0.2) is 0 Å². The van der Waals surface area contributed by atoms with E-state index in [0.29, 0.717) is 19.3 Å².